The van der Waals surface area contributed by atoms with Gasteiger partial charge in [0.05, 0.1) is 19.7 Å². The molecule has 2 N–H and O–H groups in total. The van der Waals surface area contributed by atoms with E-state index in [2.05, 4.69) is 6.07 Å². The summed E-state index contributed by atoms with van der Waals surface area (Å²) in [5.41, 5.74) is 5.80. The van der Waals surface area contributed by atoms with Crippen molar-refractivity contribution in [3.8, 4) is 5.75 Å². The standard InChI is InChI=1S/C24H37N3O4/c1-2-26-15-17-30-21-11-4-3-9-20(21)10-5-7-13-24(23(26)29)19-27(16-18-31-24)22(28)12-6-8-14-25/h3-4,9,11H,2,5-8,10,12-19,25H2,1H3. The lowest BCUT2D eigenvalue weighted by Gasteiger charge is -2.44. The molecule has 3 rings (SSSR count). The van der Waals surface area contributed by atoms with Gasteiger partial charge >= 0.3 is 0 Å². The number of para-hydroxylation sites is 1. The summed E-state index contributed by atoms with van der Waals surface area (Å²) in [6.07, 6.45) is 5.42. The van der Waals surface area contributed by atoms with Gasteiger partial charge in [-0.1, -0.05) is 18.2 Å². The van der Waals surface area contributed by atoms with Gasteiger partial charge in [-0.15, -0.1) is 0 Å². The van der Waals surface area contributed by atoms with Crippen molar-refractivity contribution in [2.24, 2.45) is 5.73 Å². The molecule has 7 heteroatoms. The predicted octanol–water partition coefficient (Wildman–Crippen LogP) is 2.37. The third-order valence-electron chi connectivity index (χ3n) is 6.31. The number of nitrogens with zero attached hydrogens (tertiary/aromatic N) is 2. The Labute approximate surface area is 185 Å². The zero-order valence-corrected chi connectivity index (χ0v) is 18.8. The van der Waals surface area contributed by atoms with E-state index >= 15 is 0 Å². The van der Waals surface area contributed by atoms with Gasteiger partial charge in [0.2, 0.25) is 5.91 Å². The summed E-state index contributed by atoms with van der Waals surface area (Å²) in [6, 6.07) is 8.13. The highest BCUT2D eigenvalue weighted by atomic mass is 16.5. The normalized spacial score (nSPS) is 23.0. The average molecular weight is 432 g/mol. The van der Waals surface area contributed by atoms with Gasteiger partial charge < -0.3 is 25.0 Å². The van der Waals surface area contributed by atoms with Crippen LogP contribution >= 0.6 is 0 Å². The van der Waals surface area contributed by atoms with E-state index in [1.165, 1.54) is 5.56 Å². The fraction of sp³-hybridized carbons (Fsp3) is 0.667. The number of hydrogen-bond donors (Lipinski definition) is 1. The van der Waals surface area contributed by atoms with Gasteiger partial charge in [-0.3, -0.25) is 9.59 Å². The van der Waals surface area contributed by atoms with Crippen LogP contribution in [0.15, 0.2) is 24.3 Å². The predicted molar refractivity (Wildman–Crippen MR) is 120 cm³/mol. The Morgan fingerprint density at radius 3 is 2.81 bits per heavy atom. The Kier molecular flexibility index (Phi) is 8.72. The molecule has 0 aromatic heterocycles. The first-order valence-corrected chi connectivity index (χ1v) is 11.7. The number of likely N-dealkylation sites (N-methyl/N-ethyl adjacent to an activating group) is 1. The molecular weight excluding hydrogens is 394 g/mol. The average Bonchev–Trinajstić information content (AvgIpc) is 2.79. The van der Waals surface area contributed by atoms with E-state index in [1.807, 2.05) is 34.9 Å². The zero-order chi connectivity index (χ0) is 22.1. The highest BCUT2D eigenvalue weighted by Gasteiger charge is 2.46. The van der Waals surface area contributed by atoms with E-state index in [4.69, 9.17) is 15.2 Å². The molecule has 1 unspecified atom stereocenters. The summed E-state index contributed by atoms with van der Waals surface area (Å²) in [5, 5.41) is 0. The molecule has 1 aromatic rings. The van der Waals surface area contributed by atoms with E-state index in [1.54, 1.807) is 0 Å². The van der Waals surface area contributed by atoms with E-state index in [9.17, 15) is 9.59 Å². The van der Waals surface area contributed by atoms with E-state index < -0.39 is 5.60 Å². The molecule has 1 aromatic carbocycles. The first kappa shape index (κ1) is 23.5. The summed E-state index contributed by atoms with van der Waals surface area (Å²) < 4.78 is 12.2. The molecule has 2 aliphatic heterocycles. The lowest BCUT2D eigenvalue weighted by Crippen LogP contribution is -2.62. The minimum absolute atomic E-state index is 0.0214. The number of rotatable bonds is 5. The highest BCUT2D eigenvalue weighted by Crippen LogP contribution is 2.30. The lowest BCUT2D eigenvalue weighted by molar-refractivity contribution is -0.176. The molecule has 1 fully saturated rings. The number of aryl methyl sites for hydroxylation is 1. The van der Waals surface area contributed by atoms with Crippen molar-refractivity contribution in [2.45, 2.75) is 57.5 Å². The molecule has 0 bridgehead atoms. The Morgan fingerprint density at radius 1 is 1.16 bits per heavy atom. The van der Waals surface area contributed by atoms with Crippen LogP contribution in [0.4, 0.5) is 0 Å². The van der Waals surface area contributed by atoms with Gasteiger partial charge in [0.25, 0.3) is 5.91 Å². The van der Waals surface area contributed by atoms with Crippen molar-refractivity contribution in [2.75, 3.05) is 45.9 Å². The summed E-state index contributed by atoms with van der Waals surface area (Å²) in [4.78, 5) is 30.0. The fourth-order valence-corrected chi connectivity index (χ4v) is 4.50. The van der Waals surface area contributed by atoms with Crippen molar-refractivity contribution in [3.05, 3.63) is 29.8 Å². The summed E-state index contributed by atoms with van der Waals surface area (Å²) in [7, 11) is 0. The Bertz CT molecular complexity index is 741. The van der Waals surface area contributed by atoms with Gasteiger partial charge in [0.1, 0.15) is 12.4 Å². The largest absolute Gasteiger partial charge is 0.491 e. The van der Waals surface area contributed by atoms with E-state index in [-0.39, 0.29) is 11.8 Å². The van der Waals surface area contributed by atoms with Crippen LogP contribution in [0.5, 0.6) is 5.75 Å². The van der Waals surface area contributed by atoms with Crippen LogP contribution in [-0.2, 0) is 20.7 Å². The molecule has 172 valence electrons. The monoisotopic (exact) mass is 431 g/mol. The van der Waals surface area contributed by atoms with Crippen molar-refractivity contribution in [1.82, 2.24) is 9.80 Å². The van der Waals surface area contributed by atoms with Crippen molar-refractivity contribution in [3.63, 3.8) is 0 Å². The third kappa shape index (κ3) is 5.98. The molecule has 2 amide bonds. The first-order valence-electron chi connectivity index (χ1n) is 11.7. The topological polar surface area (TPSA) is 85.1 Å². The fourth-order valence-electron chi connectivity index (χ4n) is 4.50. The van der Waals surface area contributed by atoms with Crippen LogP contribution in [-0.4, -0.2) is 73.2 Å². The number of unbranched alkanes of at least 4 members (excludes halogenated alkanes) is 1. The maximum Gasteiger partial charge on any atom is 0.256 e. The number of amides is 2. The molecule has 0 saturated carbocycles. The Morgan fingerprint density at radius 2 is 2.00 bits per heavy atom. The molecular formula is C24H37N3O4. The molecule has 7 nitrogen and oxygen atoms in total. The van der Waals surface area contributed by atoms with Crippen LogP contribution in [0.3, 0.4) is 0 Å². The summed E-state index contributed by atoms with van der Waals surface area (Å²) in [5.74, 6) is 0.978. The highest BCUT2D eigenvalue weighted by molar-refractivity contribution is 5.87. The van der Waals surface area contributed by atoms with Crippen LogP contribution < -0.4 is 10.5 Å². The minimum atomic E-state index is -0.962. The quantitative estimate of drug-likeness (QED) is 0.724. The lowest BCUT2D eigenvalue weighted by atomic mass is 9.90. The van der Waals surface area contributed by atoms with Crippen molar-refractivity contribution in [1.29, 1.82) is 0 Å². The maximum absolute atomic E-state index is 13.6. The van der Waals surface area contributed by atoms with Crippen molar-refractivity contribution < 1.29 is 19.1 Å². The number of ether oxygens (including phenoxy) is 2. The second-order valence-electron chi connectivity index (χ2n) is 8.45. The molecule has 0 aliphatic carbocycles. The van der Waals surface area contributed by atoms with Gasteiger partial charge in [-0.2, -0.15) is 0 Å². The molecule has 31 heavy (non-hydrogen) atoms. The molecule has 1 spiro atoms. The molecule has 1 atom stereocenters. The van der Waals surface area contributed by atoms with Crippen LogP contribution in [0.25, 0.3) is 0 Å². The second kappa shape index (κ2) is 11.5. The SMILES string of the molecule is CCN1CCOc2ccccc2CCCCC2(CN(C(=O)CCCCN)CCO2)C1=O. The van der Waals surface area contributed by atoms with Crippen molar-refractivity contribution >= 4 is 11.8 Å². The Balaban J connectivity index is 1.76. The Hall–Kier alpha value is -2.12. The van der Waals surface area contributed by atoms with Crippen LogP contribution in [0.2, 0.25) is 0 Å². The van der Waals surface area contributed by atoms with Gasteiger partial charge in [0.15, 0.2) is 5.60 Å². The molecule has 2 aliphatic rings. The van der Waals surface area contributed by atoms with Crippen LogP contribution in [0, 0.1) is 0 Å². The first-order chi connectivity index (χ1) is 15.1. The number of benzene rings is 1. The van der Waals surface area contributed by atoms with E-state index in [0.717, 1.165) is 37.9 Å². The summed E-state index contributed by atoms with van der Waals surface area (Å²) in [6.45, 7) is 5.36. The van der Waals surface area contributed by atoms with Gasteiger partial charge in [0, 0.05) is 19.5 Å². The maximum atomic E-state index is 13.6. The van der Waals surface area contributed by atoms with Gasteiger partial charge in [-0.05, 0) is 63.6 Å². The second-order valence-corrected chi connectivity index (χ2v) is 8.45. The van der Waals surface area contributed by atoms with Gasteiger partial charge in [-0.25, -0.2) is 0 Å². The number of morpholine rings is 1. The smallest absolute Gasteiger partial charge is 0.256 e. The molecule has 1 saturated heterocycles. The van der Waals surface area contributed by atoms with Crippen LogP contribution in [0.1, 0.15) is 51.0 Å². The number of fused-ring (bicyclic) bond motifs is 1. The minimum Gasteiger partial charge on any atom is -0.491 e. The third-order valence-corrected chi connectivity index (χ3v) is 6.31. The summed E-state index contributed by atoms with van der Waals surface area (Å²) >= 11 is 0. The number of carbonyl (C=O) groups is 2. The van der Waals surface area contributed by atoms with E-state index in [0.29, 0.717) is 58.8 Å². The molecule has 0 radical (unpaired) electrons. The zero-order valence-electron chi connectivity index (χ0n) is 18.8. The number of hydrogen-bond acceptors (Lipinski definition) is 5. The molecule has 2 heterocycles. The number of carbonyl (C=O) groups excluding carboxylic acids is 2. The number of nitrogens with two attached hydrogens (primary N) is 1.